The maximum Gasteiger partial charge on any atom is 0.246 e. The van der Waals surface area contributed by atoms with Gasteiger partial charge in [0, 0.05) is 38.7 Å². The molecule has 0 N–H and O–H groups in total. The Morgan fingerprint density at radius 3 is 2.50 bits per heavy atom. The van der Waals surface area contributed by atoms with E-state index in [9.17, 15) is 13.2 Å². The van der Waals surface area contributed by atoms with E-state index in [2.05, 4.69) is 0 Å². The first-order valence-electron chi connectivity index (χ1n) is 10.5. The van der Waals surface area contributed by atoms with Crippen molar-refractivity contribution in [1.29, 1.82) is 0 Å². The molecular weight excluding hydrogens is 452 g/mol. The highest BCUT2D eigenvalue weighted by Gasteiger charge is 2.28. The first-order valence-corrected chi connectivity index (χ1v) is 12.5. The number of sulfonamides is 1. The van der Waals surface area contributed by atoms with Crippen LogP contribution in [0.15, 0.2) is 48.5 Å². The van der Waals surface area contributed by atoms with Crippen molar-refractivity contribution in [2.45, 2.75) is 12.2 Å². The van der Waals surface area contributed by atoms with E-state index in [0.717, 1.165) is 17.5 Å². The van der Waals surface area contributed by atoms with Crippen LogP contribution in [0.25, 0.3) is 6.08 Å². The molecule has 2 aliphatic heterocycles. The molecule has 170 valence electrons. The molecule has 0 radical (unpaired) electrons. The highest BCUT2D eigenvalue weighted by molar-refractivity contribution is 7.88. The van der Waals surface area contributed by atoms with Gasteiger partial charge in [0.15, 0.2) is 11.5 Å². The summed E-state index contributed by atoms with van der Waals surface area (Å²) in [4.78, 5) is 14.3. The molecule has 0 bridgehead atoms. The number of carbonyl (C=O) groups excluding carboxylic acids is 1. The summed E-state index contributed by atoms with van der Waals surface area (Å²) in [7, 11) is -3.42. The summed E-state index contributed by atoms with van der Waals surface area (Å²) in [5.74, 6) is 0.889. The van der Waals surface area contributed by atoms with E-state index in [1.54, 1.807) is 35.2 Å². The van der Waals surface area contributed by atoms with Gasteiger partial charge in [-0.05, 0) is 29.3 Å². The van der Waals surface area contributed by atoms with E-state index >= 15 is 0 Å². The van der Waals surface area contributed by atoms with Crippen LogP contribution >= 0.6 is 11.6 Å². The SMILES string of the molecule is O=C(/C=C/c1cc(Cl)c2c(c1)OCCCO2)N1CCN(S(=O)(=O)Cc2ccccc2)CC1. The first-order chi connectivity index (χ1) is 15.4. The Hall–Kier alpha value is -2.55. The van der Waals surface area contributed by atoms with Gasteiger partial charge in [0.05, 0.1) is 24.0 Å². The lowest BCUT2D eigenvalue weighted by Gasteiger charge is -2.33. The van der Waals surface area contributed by atoms with Crippen molar-refractivity contribution in [2.24, 2.45) is 0 Å². The highest BCUT2D eigenvalue weighted by atomic mass is 35.5. The van der Waals surface area contributed by atoms with Crippen LogP contribution in [0.4, 0.5) is 0 Å². The lowest BCUT2D eigenvalue weighted by atomic mass is 10.1. The zero-order chi connectivity index (χ0) is 22.6. The van der Waals surface area contributed by atoms with E-state index in [1.165, 1.54) is 10.4 Å². The van der Waals surface area contributed by atoms with Gasteiger partial charge in [-0.1, -0.05) is 41.9 Å². The van der Waals surface area contributed by atoms with E-state index in [-0.39, 0.29) is 24.7 Å². The van der Waals surface area contributed by atoms with Gasteiger partial charge in [-0.2, -0.15) is 4.31 Å². The van der Waals surface area contributed by atoms with Crippen LogP contribution in [-0.2, 0) is 20.6 Å². The predicted molar refractivity (Wildman–Crippen MR) is 123 cm³/mol. The lowest BCUT2D eigenvalue weighted by Crippen LogP contribution is -2.50. The van der Waals surface area contributed by atoms with Crippen LogP contribution in [0.5, 0.6) is 11.5 Å². The van der Waals surface area contributed by atoms with Gasteiger partial charge in [0.2, 0.25) is 15.9 Å². The number of amides is 1. The zero-order valence-corrected chi connectivity index (χ0v) is 19.1. The normalized spacial score (nSPS) is 17.3. The van der Waals surface area contributed by atoms with Crippen LogP contribution in [0.3, 0.4) is 0 Å². The van der Waals surface area contributed by atoms with Gasteiger partial charge in [-0.25, -0.2) is 8.42 Å². The first kappa shape index (κ1) is 22.6. The van der Waals surface area contributed by atoms with Gasteiger partial charge < -0.3 is 14.4 Å². The molecular formula is C23H25ClN2O5S. The summed E-state index contributed by atoms with van der Waals surface area (Å²) in [5, 5.41) is 0.439. The minimum Gasteiger partial charge on any atom is -0.489 e. The number of hydrogen-bond donors (Lipinski definition) is 0. The number of piperazine rings is 1. The molecule has 0 aliphatic carbocycles. The third kappa shape index (κ3) is 5.43. The van der Waals surface area contributed by atoms with Crippen LogP contribution in [-0.4, -0.2) is 62.9 Å². The summed E-state index contributed by atoms with van der Waals surface area (Å²) >= 11 is 6.30. The second-order valence-corrected chi connectivity index (χ2v) is 10.1. The molecule has 9 heteroatoms. The van der Waals surface area contributed by atoms with Crippen LogP contribution in [0.2, 0.25) is 5.02 Å². The number of fused-ring (bicyclic) bond motifs is 1. The standard InChI is InChI=1S/C23H25ClN2O5S/c24-20-15-19(16-21-23(20)31-14-4-13-30-21)7-8-22(27)25-9-11-26(12-10-25)32(28,29)17-18-5-2-1-3-6-18/h1-3,5-8,15-16H,4,9-14,17H2/b8-7+. The number of nitrogens with zero attached hydrogens (tertiary/aromatic N) is 2. The smallest absolute Gasteiger partial charge is 0.246 e. The van der Waals surface area contributed by atoms with E-state index < -0.39 is 10.0 Å². The maximum absolute atomic E-state index is 12.7. The quantitative estimate of drug-likeness (QED) is 0.619. The molecule has 4 rings (SSSR count). The van der Waals surface area contributed by atoms with E-state index in [1.807, 2.05) is 18.2 Å². The van der Waals surface area contributed by atoms with Crippen molar-refractivity contribution in [3.05, 3.63) is 64.7 Å². The molecule has 2 aromatic rings. The molecule has 32 heavy (non-hydrogen) atoms. The Labute approximate surface area is 193 Å². The Bertz CT molecular complexity index is 1100. The van der Waals surface area contributed by atoms with Gasteiger partial charge in [0.25, 0.3) is 0 Å². The fourth-order valence-corrected chi connectivity index (χ4v) is 5.47. The van der Waals surface area contributed by atoms with Crippen LogP contribution in [0, 0.1) is 0 Å². The number of hydrogen-bond acceptors (Lipinski definition) is 5. The fourth-order valence-electron chi connectivity index (χ4n) is 3.68. The summed E-state index contributed by atoms with van der Waals surface area (Å²) < 4.78 is 38.1. The molecule has 1 fully saturated rings. The number of rotatable bonds is 5. The predicted octanol–water partition coefficient (Wildman–Crippen LogP) is 3.19. The van der Waals surface area contributed by atoms with Crippen LogP contribution < -0.4 is 9.47 Å². The van der Waals surface area contributed by atoms with Crippen molar-refractivity contribution in [3.63, 3.8) is 0 Å². The molecule has 2 aromatic carbocycles. The molecule has 0 unspecified atom stereocenters. The summed E-state index contributed by atoms with van der Waals surface area (Å²) in [5.41, 5.74) is 1.49. The average molecular weight is 477 g/mol. The van der Waals surface area contributed by atoms with E-state index in [4.69, 9.17) is 21.1 Å². The van der Waals surface area contributed by atoms with Gasteiger partial charge in [-0.15, -0.1) is 0 Å². The maximum atomic E-state index is 12.7. The van der Waals surface area contributed by atoms with Gasteiger partial charge in [0.1, 0.15) is 0 Å². The lowest BCUT2D eigenvalue weighted by molar-refractivity contribution is -0.127. The third-order valence-electron chi connectivity index (χ3n) is 5.38. The Morgan fingerprint density at radius 2 is 1.75 bits per heavy atom. The molecule has 0 aromatic heterocycles. The second kappa shape index (κ2) is 9.94. The van der Waals surface area contributed by atoms with Crippen molar-refractivity contribution in [3.8, 4) is 11.5 Å². The molecule has 0 atom stereocenters. The van der Waals surface area contributed by atoms with Crippen LogP contribution in [0.1, 0.15) is 17.5 Å². The molecule has 1 saturated heterocycles. The number of carbonyl (C=O) groups is 1. The molecule has 7 nitrogen and oxygen atoms in total. The van der Waals surface area contributed by atoms with Crippen molar-refractivity contribution >= 4 is 33.6 Å². The molecule has 2 aliphatic rings. The monoisotopic (exact) mass is 476 g/mol. The summed E-state index contributed by atoms with van der Waals surface area (Å²) in [6.45, 7) is 2.35. The van der Waals surface area contributed by atoms with Gasteiger partial charge >= 0.3 is 0 Å². The summed E-state index contributed by atoms with van der Waals surface area (Å²) in [6, 6.07) is 12.6. The summed E-state index contributed by atoms with van der Waals surface area (Å²) in [6.07, 6.45) is 3.94. The molecule has 0 spiro atoms. The average Bonchev–Trinajstić information content (AvgIpc) is 3.04. The number of ether oxygens (including phenoxy) is 2. The largest absolute Gasteiger partial charge is 0.489 e. The Balaban J connectivity index is 1.35. The molecule has 2 heterocycles. The Kier molecular flexibility index (Phi) is 7.03. The van der Waals surface area contributed by atoms with E-state index in [0.29, 0.717) is 42.8 Å². The van der Waals surface area contributed by atoms with Crippen molar-refractivity contribution in [1.82, 2.24) is 9.21 Å². The Morgan fingerprint density at radius 1 is 1.03 bits per heavy atom. The number of benzene rings is 2. The third-order valence-corrected chi connectivity index (χ3v) is 7.51. The minimum absolute atomic E-state index is 0.0352. The number of halogens is 1. The van der Waals surface area contributed by atoms with Crippen molar-refractivity contribution < 1.29 is 22.7 Å². The zero-order valence-electron chi connectivity index (χ0n) is 17.6. The van der Waals surface area contributed by atoms with Gasteiger partial charge in [-0.3, -0.25) is 4.79 Å². The topological polar surface area (TPSA) is 76.2 Å². The minimum atomic E-state index is -3.42. The molecule has 0 saturated carbocycles. The highest BCUT2D eigenvalue weighted by Crippen LogP contribution is 2.38. The second-order valence-electron chi connectivity index (χ2n) is 7.68. The fraction of sp³-hybridized carbons (Fsp3) is 0.348. The molecule has 1 amide bonds. The van der Waals surface area contributed by atoms with Crippen molar-refractivity contribution in [2.75, 3.05) is 39.4 Å².